The number of methoxy groups -OCH3 is 9. The van der Waals surface area contributed by atoms with Gasteiger partial charge in [0.05, 0.1) is 112 Å². The number of carbonyl (C=O) groups excluding carboxylic acids is 6. The molecule has 1 aliphatic carbocycles. The van der Waals surface area contributed by atoms with Gasteiger partial charge in [0.15, 0.2) is 0 Å². The molecular weight excluding hydrogens is 1640 g/mol. The number of likely N-dealkylation sites (tertiary alicyclic amines) is 7. The maximum absolute atomic E-state index is 11.9. The van der Waals surface area contributed by atoms with Crippen LogP contribution in [-0.4, -0.2) is 441 Å². The number of aliphatic hydroxyl groups excluding tert-OH is 6. The van der Waals surface area contributed by atoms with Crippen LogP contribution in [0.4, 0.5) is 14.4 Å². The minimum atomic E-state index is -1.06. The molecule has 126 heavy (non-hydrogen) atoms. The number of hydrogen-bond donors (Lipinski definition) is 6. The molecule has 1 amide bonds. The fraction of sp³-hybridized carbons (Fsp3) is 0.912. The fourth-order valence-electron chi connectivity index (χ4n) is 13.7. The smallest absolute Gasteiger partial charge is 1.00 e. The second-order valence-electron chi connectivity index (χ2n) is 35.9. The van der Waals surface area contributed by atoms with Crippen LogP contribution in [0.1, 0.15) is 222 Å². The molecule has 9 aliphatic rings. The Balaban J connectivity index is -0.000000252. The third kappa shape index (κ3) is 76.4. The topological polar surface area (TPSA) is 370 Å². The number of nitrogens with zero attached hydrogens (tertiary/aromatic N) is 8. The van der Waals surface area contributed by atoms with Gasteiger partial charge in [-0.05, 0) is 215 Å². The Morgan fingerprint density at radius 3 is 1.17 bits per heavy atom. The van der Waals surface area contributed by atoms with Gasteiger partial charge in [-0.25, -0.2) is 14.4 Å². The van der Waals surface area contributed by atoms with Crippen molar-refractivity contribution in [2.24, 2.45) is 0 Å². The minimum absolute atomic E-state index is 0. The molecule has 0 aromatic carbocycles. The third-order valence-electron chi connectivity index (χ3n) is 20.4. The molecule has 33 nitrogen and oxygen atoms in total. The number of carbonyl (C=O) groups is 6. The number of Topliss-reactive ketones (excluding diaryl/α,β-unsaturated/α-hetero) is 3. The summed E-state index contributed by atoms with van der Waals surface area (Å²) in [6, 6.07) is 0. The SMILES string of the molecule is C.CC(C)(C)OC(=O)OC(=O)OC(C)(C)C.CCO.COC1CC(=O)CCN(C)C1.COC1CC(O)CCN(C)C1.COC1CC=CCN(C)C1.COC1CCC(=O)CN(C)C1.COC1CCC(=O)CN(C)C1.COC1CCC(O)CN(C(=O)OC(C)(C)C)C1.COC1CCC(O)CN(C)C1.COC1CCC(O)CN(C)C1.COC1CCCC(O)CC1.[2H]CC.[B].[H-].[Na+]. The van der Waals surface area contributed by atoms with Crippen LogP contribution in [0, 0.1) is 0 Å². The summed E-state index contributed by atoms with van der Waals surface area (Å²) in [4.78, 5) is 83.5. The standard InChI is InChI=1S/C12H23NO4.C10H18O5.C8H17NO2.C8H15NO2.2C8H17NO2.2C8H15NO2.C8H15NO.C8H16O2.C2H6O.C2H6.CH4.B.Na.H/c1-12(2,3)17-11(15)13-7-9(14)5-6-10(8-13)16-4;1-9(2,3)14-7(11)13-8(12)15-10(4,5)6;2*1-9-4-3-7(10)5-8(6-9)11-2;4*1-9-5-7(10)3-4-8(6-9)11-2;1-9-6-4-3-5-8(7-9)10-2;1-10-8-4-2-3-7(9)5-6-8;1-2-3;1-2;;;;/h9-10,14H,5-8H2,1-4H3;1-6H3;7-8,10H,3-6H2,1-2H3;8H,3-6H2,1-2H3;2*7-8,10H,3-6H2,1-2H3;2*8H,3-6H2,1-2H3;3-4,8H,5-7H2,1-2H3;7-9H,2-6H2,1H3;3H,2H2,1H3;1-2H3;1H4;;;/q;;;;;;;;;;;;;;+1;-1/i;;;;;;;;;;;1D;;;;. The molecule has 35 heteroatoms. The quantitative estimate of drug-likeness (QED) is 0.0383. The number of rotatable bonds is 9. The zero-order valence-electron chi connectivity index (χ0n) is 85.2. The molecule has 8 fully saturated rings. The van der Waals surface area contributed by atoms with E-state index in [1.165, 1.54) is 4.90 Å². The predicted molar refractivity (Wildman–Crippen MR) is 495 cm³/mol. The zero-order chi connectivity index (χ0) is 95.1. The first kappa shape index (κ1) is 131. The van der Waals surface area contributed by atoms with Crippen LogP contribution in [0.2, 0.25) is 0 Å². The Morgan fingerprint density at radius 1 is 0.405 bits per heavy atom. The summed E-state index contributed by atoms with van der Waals surface area (Å²) in [7, 11) is 29.5. The number of likely N-dealkylation sites (N-methyl/N-ethyl adjacent to an activating group) is 7. The number of ketones is 3. The molecule has 3 radical (unpaired) electrons. The average molecular weight is 1830 g/mol. The first-order valence-electron chi connectivity index (χ1n) is 45.0. The van der Waals surface area contributed by atoms with E-state index in [9.17, 15) is 54.3 Å². The van der Waals surface area contributed by atoms with Crippen LogP contribution < -0.4 is 29.6 Å². The van der Waals surface area contributed by atoms with E-state index in [-0.39, 0.29) is 114 Å². The largest absolute Gasteiger partial charge is 1.00 e. The molecule has 0 aromatic rings. The number of β-amino-alcohol motifs (C(OH)–C–C–N with tert-alkyl or cyclic N) is 3. The van der Waals surface area contributed by atoms with E-state index in [0.29, 0.717) is 107 Å². The first-order chi connectivity index (χ1) is 58.1. The second-order valence-corrected chi connectivity index (χ2v) is 35.9. The Labute approximate surface area is 790 Å². The Hall–Kier alpha value is -3.06. The monoisotopic (exact) mass is 1830 g/mol. The summed E-state index contributed by atoms with van der Waals surface area (Å²) in [5.74, 6) is 0.973. The van der Waals surface area contributed by atoms with E-state index in [1.54, 1.807) is 119 Å². The summed E-state index contributed by atoms with van der Waals surface area (Å²) in [5, 5.41) is 54.7. The van der Waals surface area contributed by atoms with Crippen LogP contribution in [-0.2, 0) is 76.0 Å². The van der Waals surface area contributed by atoms with Crippen molar-refractivity contribution in [3.8, 4) is 0 Å². The molecule has 0 bridgehead atoms. The molecular formula is C91H185BN8NaO25. The van der Waals surface area contributed by atoms with E-state index in [2.05, 4.69) is 55.5 Å². The molecule has 8 aliphatic heterocycles. The van der Waals surface area contributed by atoms with Crippen molar-refractivity contribution in [3.63, 3.8) is 0 Å². The molecule has 8 heterocycles. The summed E-state index contributed by atoms with van der Waals surface area (Å²) < 4.78 is 72.3. The fourth-order valence-corrected chi connectivity index (χ4v) is 13.7. The maximum atomic E-state index is 11.9. The van der Waals surface area contributed by atoms with E-state index < -0.39 is 35.2 Å². The Bertz CT molecular complexity index is 2630. The van der Waals surface area contributed by atoms with Crippen LogP contribution >= 0.6 is 0 Å². The zero-order valence-corrected chi connectivity index (χ0v) is 85.2. The summed E-state index contributed by atoms with van der Waals surface area (Å²) in [6.07, 6.45) is 20.2. The van der Waals surface area contributed by atoms with Crippen LogP contribution in [0.15, 0.2) is 12.2 Å². The average Bonchev–Trinajstić information content (AvgIpc) is 1.64. The van der Waals surface area contributed by atoms with Gasteiger partial charge in [0, 0.05) is 191 Å². The Kier molecular flexibility index (Phi) is 81.7. The van der Waals surface area contributed by atoms with Crippen LogP contribution in [0.5, 0.6) is 0 Å². The van der Waals surface area contributed by atoms with Gasteiger partial charge >= 0.3 is 48.0 Å². The molecule has 1 saturated carbocycles. The van der Waals surface area contributed by atoms with Crippen molar-refractivity contribution < 1.29 is 153 Å². The van der Waals surface area contributed by atoms with E-state index >= 15 is 0 Å². The van der Waals surface area contributed by atoms with Crippen molar-refractivity contribution in [3.05, 3.63) is 12.2 Å². The van der Waals surface area contributed by atoms with Gasteiger partial charge in [-0.2, -0.15) is 0 Å². The molecule has 14 unspecified atom stereocenters. The molecule has 6 N–H and O–H groups in total. The van der Waals surface area contributed by atoms with Crippen molar-refractivity contribution in [1.29, 1.82) is 0 Å². The van der Waals surface area contributed by atoms with Crippen molar-refractivity contribution in [1.82, 2.24) is 39.2 Å². The summed E-state index contributed by atoms with van der Waals surface area (Å²) in [6.45, 7) is 32.6. The molecule has 14 atom stereocenters. The van der Waals surface area contributed by atoms with Crippen LogP contribution in [0.25, 0.3) is 0 Å². The molecule has 0 aromatic heterocycles. The molecule has 9 rings (SSSR count). The molecule has 7 saturated heterocycles. The molecule has 743 valence electrons. The number of amides is 1. The van der Waals surface area contributed by atoms with Gasteiger partial charge in [0.2, 0.25) is 0 Å². The molecule has 0 spiro atoms. The Morgan fingerprint density at radius 2 is 0.754 bits per heavy atom. The number of ether oxygens (including phenoxy) is 13. The second kappa shape index (κ2) is 78.3. The maximum Gasteiger partial charge on any atom is 1.00 e. The summed E-state index contributed by atoms with van der Waals surface area (Å²) >= 11 is 0. The van der Waals surface area contributed by atoms with Gasteiger partial charge < -0.3 is 123 Å². The van der Waals surface area contributed by atoms with Gasteiger partial charge in [-0.1, -0.05) is 33.4 Å². The van der Waals surface area contributed by atoms with Crippen molar-refractivity contribution in [2.75, 3.05) is 225 Å². The van der Waals surface area contributed by atoms with Gasteiger partial charge in [0.1, 0.15) is 34.2 Å². The van der Waals surface area contributed by atoms with Crippen LogP contribution in [0.3, 0.4) is 0 Å². The predicted octanol–water partition coefficient (Wildman–Crippen LogP) is 6.03. The number of aliphatic hydroxyl groups is 6. The summed E-state index contributed by atoms with van der Waals surface area (Å²) in [5.41, 5.74) is -1.91. The third-order valence-corrected chi connectivity index (χ3v) is 20.4. The number of hydrogen-bond acceptors (Lipinski definition) is 32. The van der Waals surface area contributed by atoms with Crippen molar-refractivity contribution in [2.45, 2.75) is 321 Å². The van der Waals surface area contributed by atoms with Crippen molar-refractivity contribution >= 4 is 44.2 Å². The van der Waals surface area contributed by atoms with Gasteiger partial charge in [-0.3, -0.25) is 24.2 Å². The minimum Gasteiger partial charge on any atom is -1.00 e. The van der Waals surface area contributed by atoms with Gasteiger partial charge in [0.25, 0.3) is 0 Å². The first-order valence-corrected chi connectivity index (χ1v) is 44.3. The van der Waals surface area contributed by atoms with E-state index in [4.69, 9.17) is 63.3 Å². The normalized spacial score (nSPS) is 27.0. The van der Waals surface area contributed by atoms with E-state index in [1.807, 2.05) is 65.8 Å². The van der Waals surface area contributed by atoms with Gasteiger partial charge in [-0.15, -0.1) is 0 Å². The van der Waals surface area contributed by atoms with E-state index in [0.717, 1.165) is 175 Å².